The Morgan fingerprint density at radius 1 is 0.710 bits per heavy atom. The first-order chi connectivity index (χ1) is 14.6. The fourth-order valence-corrected chi connectivity index (χ4v) is 3.44. The summed E-state index contributed by atoms with van der Waals surface area (Å²) < 4.78 is 101. The highest BCUT2D eigenvalue weighted by molar-refractivity contribution is 5.47. The largest absolute Gasteiger partial charge is 0.493 e. The van der Waals surface area contributed by atoms with E-state index in [0.717, 1.165) is 61.4 Å². The number of rotatable bonds is 8. The summed E-state index contributed by atoms with van der Waals surface area (Å²) in [6, 6.07) is 7.79. The van der Waals surface area contributed by atoms with Crippen molar-refractivity contribution in [3.8, 4) is 11.5 Å². The number of hydrogen-bond donors (Lipinski definition) is 0. The quantitative estimate of drug-likeness (QED) is 0.387. The molecular formula is C22H20F6O3. The van der Waals surface area contributed by atoms with E-state index in [9.17, 15) is 26.3 Å². The van der Waals surface area contributed by atoms with Crippen LogP contribution in [0.4, 0.5) is 26.3 Å². The van der Waals surface area contributed by atoms with Crippen LogP contribution < -0.4 is 9.47 Å². The lowest BCUT2D eigenvalue weighted by Crippen LogP contribution is -2.54. The van der Waals surface area contributed by atoms with E-state index >= 15 is 0 Å². The third-order valence-electron chi connectivity index (χ3n) is 5.45. The lowest BCUT2D eigenvalue weighted by molar-refractivity contribution is -0.288. The fourth-order valence-electron chi connectivity index (χ4n) is 3.44. The van der Waals surface area contributed by atoms with E-state index in [2.05, 4.69) is 0 Å². The summed E-state index contributed by atoms with van der Waals surface area (Å²) >= 11 is 0. The van der Waals surface area contributed by atoms with E-state index in [1.807, 2.05) is 0 Å². The molecule has 1 aliphatic heterocycles. The smallest absolute Gasteiger partial charge is 0.411 e. The average Bonchev–Trinajstić information content (AvgIpc) is 3.60. The van der Waals surface area contributed by atoms with E-state index in [4.69, 9.17) is 14.2 Å². The van der Waals surface area contributed by atoms with Gasteiger partial charge in [-0.1, -0.05) is 24.3 Å². The molecule has 1 aliphatic carbocycles. The van der Waals surface area contributed by atoms with Gasteiger partial charge in [0.1, 0.15) is 24.2 Å². The third kappa shape index (κ3) is 4.46. The van der Waals surface area contributed by atoms with Gasteiger partial charge >= 0.3 is 12.4 Å². The van der Waals surface area contributed by atoms with Gasteiger partial charge in [0.25, 0.3) is 0 Å². The van der Waals surface area contributed by atoms with E-state index in [1.54, 1.807) is 0 Å². The molecule has 9 heteroatoms. The SMILES string of the molecule is FC(F)(F)C(c1ccc(OCC2CC2)cc1)(c1ccc(OCC2CO2)cc1)C(F)(F)F. The lowest BCUT2D eigenvalue weighted by atomic mass is 9.73. The Bertz CT molecular complexity index is 806. The second kappa shape index (κ2) is 7.93. The van der Waals surface area contributed by atoms with Gasteiger partial charge < -0.3 is 14.2 Å². The predicted octanol–water partition coefficient (Wildman–Crippen LogP) is 5.66. The zero-order valence-corrected chi connectivity index (χ0v) is 16.3. The van der Waals surface area contributed by atoms with Crippen LogP contribution in [0.3, 0.4) is 0 Å². The van der Waals surface area contributed by atoms with Crippen molar-refractivity contribution in [1.82, 2.24) is 0 Å². The Hall–Kier alpha value is -2.42. The first-order valence-electron chi connectivity index (χ1n) is 9.83. The van der Waals surface area contributed by atoms with Crippen molar-refractivity contribution in [3.63, 3.8) is 0 Å². The van der Waals surface area contributed by atoms with Crippen molar-refractivity contribution >= 4 is 0 Å². The van der Waals surface area contributed by atoms with Crippen LogP contribution in [0.5, 0.6) is 11.5 Å². The molecule has 0 radical (unpaired) electrons. The van der Waals surface area contributed by atoms with Gasteiger partial charge in [0.15, 0.2) is 0 Å². The molecule has 1 saturated heterocycles. The number of hydrogen-bond acceptors (Lipinski definition) is 3. The molecule has 1 saturated carbocycles. The Labute approximate surface area is 174 Å². The number of epoxide rings is 1. The predicted molar refractivity (Wildman–Crippen MR) is 99.2 cm³/mol. The topological polar surface area (TPSA) is 31.0 Å². The van der Waals surface area contributed by atoms with Crippen LogP contribution in [0, 0.1) is 5.92 Å². The third-order valence-corrected chi connectivity index (χ3v) is 5.45. The monoisotopic (exact) mass is 446 g/mol. The van der Waals surface area contributed by atoms with Gasteiger partial charge in [0, 0.05) is 0 Å². The first kappa shape index (κ1) is 21.8. The molecule has 0 aromatic heterocycles. The molecule has 2 fully saturated rings. The Morgan fingerprint density at radius 3 is 1.48 bits per heavy atom. The summed E-state index contributed by atoms with van der Waals surface area (Å²) in [5, 5.41) is 0. The summed E-state index contributed by atoms with van der Waals surface area (Å²) in [6.07, 6.45) is -9.34. The van der Waals surface area contributed by atoms with E-state index in [0.29, 0.717) is 19.1 Å². The van der Waals surface area contributed by atoms with Crippen molar-refractivity contribution in [2.75, 3.05) is 19.8 Å². The lowest BCUT2D eigenvalue weighted by Gasteiger charge is -2.38. The van der Waals surface area contributed by atoms with Gasteiger partial charge in [0.05, 0.1) is 13.2 Å². The van der Waals surface area contributed by atoms with Crippen LogP contribution >= 0.6 is 0 Å². The van der Waals surface area contributed by atoms with Gasteiger partial charge in [-0.05, 0) is 54.2 Å². The summed E-state index contributed by atoms with van der Waals surface area (Å²) in [5.41, 5.74) is -6.05. The molecule has 1 atom stereocenters. The van der Waals surface area contributed by atoms with Crippen LogP contribution in [-0.4, -0.2) is 38.3 Å². The van der Waals surface area contributed by atoms with Crippen LogP contribution in [0.1, 0.15) is 24.0 Å². The van der Waals surface area contributed by atoms with Crippen LogP contribution in [0.15, 0.2) is 48.5 Å². The molecule has 0 spiro atoms. The Kier molecular flexibility index (Phi) is 5.57. The summed E-state index contributed by atoms with van der Waals surface area (Å²) in [5.74, 6) is 0.803. The van der Waals surface area contributed by atoms with Crippen LogP contribution in [0.25, 0.3) is 0 Å². The maximum atomic E-state index is 14.2. The van der Waals surface area contributed by atoms with Crippen molar-refractivity contribution in [1.29, 1.82) is 0 Å². The second-order valence-electron chi connectivity index (χ2n) is 7.81. The molecule has 2 aliphatic rings. The second-order valence-corrected chi connectivity index (χ2v) is 7.81. The first-order valence-corrected chi connectivity index (χ1v) is 9.83. The minimum absolute atomic E-state index is 0.0928. The van der Waals surface area contributed by atoms with Gasteiger partial charge in [-0.25, -0.2) is 0 Å². The summed E-state index contributed by atoms with van der Waals surface area (Å²) in [7, 11) is 0. The van der Waals surface area contributed by atoms with Crippen molar-refractivity contribution in [2.24, 2.45) is 5.92 Å². The number of halogens is 6. The van der Waals surface area contributed by atoms with Crippen molar-refractivity contribution < 1.29 is 40.6 Å². The maximum Gasteiger partial charge on any atom is 0.411 e. The van der Waals surface area contributed by atoms with Crippen LogP contribution in [0.2, 0.25) is 0 Å². The molecule has 2 aromatic carbocycles. The van der Waals surface area contributed by atoms with Gasteiger partial charge in [-0.3, -0.25) is 0 Å². The molecule has 3 nitrogen and oxygen atoms in total. The van der Waals surface area contributed by atoms with E-state index in [-0.39, 0.29) is 24.2 Å². The van der Waals surface area contributed by atoms with E-state index in [1.165, 1.54) is 0 Å². The highest BCUT2D eigenvalue weighted by Gasteiger charge is 2.72. The molecule has 0 amide bonds. The molecule has 0 bridgehead atoms. The average molecular weight is 446 g/mol. The molecule has 0 N–H and O–H groups in total. The normalized spacial score (nSPS) is 19.2. The zero-order valence-electron chi connectivity index (χ0n) is 16.3. The number of ether oxygens (including phenoxy) is 3. The molecular weight excluding hydrogens is 426 g/mol. The minimum atomic E-state index is -5.63. The van der Waals surface area contributed by atoms with Crippen molar-refractivity contribution in [2.45, 2.75) is 36.7 Å². The molecule has 168 valence electrons. The maximum absolute atomic E-state index is 14.2. The summed E-state index contributed by atoms with van der Waals surface area (Å²) in [6.45, 7) is 1.10. The Balaban J connectivity index is 1.68. The number of alkyl halides is 6. The standard InChI is InChI=1S/C22H20F6O3/c23-21(24,25)20(22(26,27)28,15-3-7-17(8-4-15)29-11-14-1-2-14)16-5-9-18(10-6-16)30-12-19-13-31-19/h3-10,14,19H,1-2,11-13H2. The van der Waals surface area contributed by atoms with Gasteiger partial charge in [-0.2, -0.15) is 26.3 Å². The van der Waals surface area contributed by atoms with Gasteiger partial charge in [0.2, 0.25) is 5.41 Å². The molecule has 1 heterocycles. The molecule has 4 rings (SSSR count). The zero-order chi connectivity index (χ0) is 22.3. The van der Waals surface area contributed by atoms with E-state index < -0.39 is 28.9 Å². The van der Waals surface area contributed by atoms with Crippen LogP contribution in [-0.2, 0) is 10.2 Å². The molecule has 31 heavy (non-hydrogen) atoms. The molecule has 1 unspecified atom stereocenters. The van der Waals surface area contributed by atoms with Gasteiger partial charge in [-0.15, -0.1) is 0 Å². The Morgan fingerprint density at radius 2 is 1.13 bits per heavy atom. The van der Waals surface area contributed by atoms with Crippen molar-refractivity contribution in [3.05, 3.63) is 59.7 Å². The summed E-state index contributed by atoms with van der Waals surface area (Å²) in [4.78, 5) is 0. The highest BCUT2D eigenvalue weighted by Crippen LogP contribution is 2.56. The number of benzene rings is 2. The minimum Gasteiger partial charge on any atom is -0.493 e. The highest BCUT2D eigenvalue weighted by atomic mass is 19.4. The molecule has 2 aromatic rings. The fraction of sp³-hybridized carbons (Fsp3) is 0.455.